The number of carbonyl (C=O) groups is 1. The molecule has 2 heterocycles. The van der Waals surface area contributed by atoms with Crippen molar-refractivity contribution in [2.45, 2.75) is 0 Å². The summed E-state index contributed by atoms with van der Waals surface area (Å²) in [6.45, 7) is 0. The first kappa shape index (κ1) is 11.5. The maximum Gasteiger partial charge on any atom is 0.195 e. The van der Waals surface area contributed by atoms with Gasteiger partial charge in [-0.15, -0.1) is 0 Å². The van der Waals surface area contributed by atoms with Gasteiger partial charge in [-0.2, -0.15) is 0 Å². The Morgan fingerprint density at radius 2 is 2.00 bits per heavy atom. The van der Waals surface area contributed by atoms with Crippen molar-refractivity contribution in [3.63, 3.8) is 0 Å². The summed E-state index contributed by atoms with van der Waals surface area (Å²) >= 11 is 0. The predicted octanol–water partition coefficient (Wildman–Crippen LogP) is 3.00. The van der Waals surface area contributed by atoms with Crippen molar-refractivity contribution >= 4 is 16.7 Å². The largest absolute Gasteiger partial charge is 0.289 e. The molecule has 2 aromatic heterocycles. The molecule has 19 heavy (non-hydrogen) atoms. The third-order valence-corrected chi connectivity index (χ3v) is 2.86. The van der Waals surface area contributed by atoms with Crippen LogP contribution in [0.3, 0.4) is 0 Å². The quantitative estimate of drug-likeness (QED) is 0.658. The maximum atomic E-state index is 13.1. The Morgan fingerprint density at radius 3 is 2.84 bits per heavy atom. The highest BCUT2D eigenvalue weighted by Gasteiger charge is 2.13. The van der Waals surface area contributed by atoms with Gasteiger partial charge in [0.15, 0.2) is 5.78 Å². The minimum absolute atomic E-state index is 0.233. The Kier molecular flexibility index (Phi) is 2.76. The molecule has 4 heteroatoms. The molecule has 3 nitrogen and oxygen atoms in total. The van der Waals surface area contributed by atoms with Crippen LogP contribution in [0, 0.1) is 5.82 Å². The average Bonchev–Trinajstić information content (AvgIpc) is 2.46. The second-order valence-corrected chi connectivity index (χ2v) is 4.10. The lowest BCUT2D eigenvalue weighted by Gasteiger charge is -2.05. The van der Waals surface area contributed by atoms with Gasteiger partial charge in [0.05, 0.1) is 11.7 Å². The fraction of sp³-hybridized carbons (Fsp3) is 0. The molecule has 3 rings (SSSR count). The summed E-state index contributed by atoms with van der Waals surface area (Å²) in [5.74, 6) is -0.783. The second kappa shape index (κ2) is 4.57. The normalized spacial score (nSPS) is 10.6. The SMILES string of the molecule is O=C(c1cncc(F)c1)c1cccc2ncccc12. The topological polar surface area (TPSA) is 42.9 Å². The number of halogens is 1. The third-order valence-electron chi connectivity index (χ3n) is 2.86. The van der Waals surface area contributed by atoms with Crippen LogP contribution in [0.15, 0.2) is 55.0 Å². The van der Waals surface area contributed by atoms with Crippen LogP contribution >= 0.6 is 0 Å². The van der Waals surface area contributed by atoms with E-state index in [1.165, 1.54) is 12.3 Å². The van der Waals surface area contributed by atoms with E-state index in [4.69, 9.17) is 0 Å². The number of hydrogen-bond acceptors (Lipinski definition) is 3. The van der Waals surface area contributed by atoms with E-state index < -0.39 is 5.82 Å². The average molecular weight is 252 g/mol. The van der Waals surface area contributed by atoms with Crippen LogP contribution in [0.25, 0.3) is 10.9 Å². The monoisotopic (exact) mass is 252 g/mol. The van der Waals surface area contributed by atoms with Crippen LogP contribution in [0.4, 0.5) is 4.39 Å². The molecule has 1 aromatic carbocycles. The third kappa shape index (κ3) is 2.08. The molecule has 0 saturated heterocycles. The predicted molar refractivity (Wildman–Crippen MR) is 69.4 cm³/mol. The van der Waals surface area contributed by atoms with Gasteiger partial charge < -0.3 is 0 Å². The number of nitrogens with zero attached hydrogens (tertiary/aromatic N) is 2. The van der Waals surface area contributed by atoms with Crippen LogP contribution in [0.1, 0.15) is 15.9 Å². The van der Waals surface area contributed by atoms with Gasteiger partial charge in [-0.05, 0) is 18.2 Å². The molecule has 0 aliphatic heterocycles. The number of pyridine rings is 2. The summed E-state index contributed by atoms with van der Waals surface area (Å²) in [6, 6.07) is 10.1. The number of benzene rings is 1. The molecule has 3 aromatic rings. The van der Waals surface area contributed by atoms with Gasteiger partial charge in [-0.25, -0.2) is 4.39 Å². The zero-order chi connectivity index (χ0) is 13.2. The van der Waals surface area contributed by atoms with Gasteiger partial charge in [0.1, 0.15) is 5.82 Å². The number of ketones is 1. The molecule has 0 aliphatic carbocycles. The summed E-state index contributed by atoms with van der Waals surface area (Å²) in [5, 5.41) is 0.749. The standard InChI is InChI=1S/C15H9FN2O/c16-11-7-10(8-17-9-11)15(19)13-3-1-5-14-12(13)4-2-6-18-14/h1-9H. The van der Waals surface area contributed by atoms with Crippen molar-refractivity contribution < 1.29 is 9.18 Å². The Morgan fingerprint density at radius 1 is 1.11 bits per heavy atom. The first-order valence-corrected chi connectivity index (χ1v) is 5.75. The van der Waals surface area contributed by atoms with Gasteiger partial charge in [-0.1, -0.05) is 18.2 Å². The van der Waals surface area contributed by atoms with Crippen LogP contribution < -0.4 is 0 Å². The van der Waals surface area contributed by atoms with Crippen molar-refractivity contribution in [1.29, 1.82) is 0 Å². The fourth-order valence-corrected chi connectivity index (χ4v) is 1.99. The molecule has 92 valence electrons. The van der Waals surface area contributed by atoms with Crippen molar-refractivity contribution in [2.24, 2.45) is 0 Å². The van der Waals surface area contributed by atoms with Gasteiger partial charge in [0.2, 0.25) is 0 Å². The first-order chi connectivity index (χ1) is 9.25. The van der Waals surface area contributed by atoms with E-state index in [0.29, 0.717) is 5.56 Å². The molecule has 0 aliphatic rings. The molecule has 0 fully saturated rings. The summed E-state index contributed by atoms with van der Waals surface area (Å²) in [4.78, 5) is 20.3. The molecule has 0 saturated carbocycles. The Labute approximate surface area is 108 Å². The molecule has 0 bridgehead atoms. The van der Waals surface area contributed by atoms with E-state index in [2.05, 4.69) is 9.97 Å². The summed E-state index contributed by atoms with van der Waals surface area (Å²) in [6.07, 6.45) is 4.10. The van der Waals surface area contributed by atoms with E-state index in [0.717, 1.165) is 17.1 Å². The lowest BCUT2D eigenvalue weighted by Crippen LogP contribution is -2.03. The van der Waals surface area contributed by atoms with Crippen molar-refractivity contribution in [3.05, 3.63) is 71.9 Å². The molecular formula is C15H9FN2O. The number of fused-ring (bicyclic) bond motifs is 1. The van der Waals surface area contributed by atoms with Crippen molar-refractivity contribution in [2.75, 3.05) is 0 Å². The molecule has 0 radical (unpaired) electrons. The molecule has 0 unspecified atom stereocenters. The summed E-state index contributed by atoms with van der Waals surface area (Å²) in [7, 11) is 0. The highest BCUT2D eigenvalue weighted by molar-refractivity contribution is 6.15. The van der Waals surface area contributed by atoms with Gasteiger partial charge >= 0.3 is 0 Å². The lowest BCUT2D eigenvalue weighted by molar-refractivity contribution is 0.103. The Hall–Kier alpha value is -2.62. The van der Waals surface area contributed by atoms with E-state index >= 15 is 0 Å². The summed E-state index contributed by atoms with van der Waals surface area (Å²) < 4.78 is 13.1. The minimum atomic E-state index is -0.524. The second-order valence-electron chi connectivity index (χ2n) is 4.10. The molecule has 0 atom stereocenters. The highest BCUT2D eigenvalue weighted by atomic mass is 19.1. The smallest absolute Gasteiger partial charge is 0.195 e. The first-order valence-electron chi connectivity index (χ1n) is 5.75. The molecule has 0 spiro atoms. The zero-order valence-electron chi connectivity index (χ0n) is 9.88. The van der Waals surface area contributed by atoms with E-state index in [1.807, 2.05) is 12.1 Å². The Balaban J connectivity index is 2.17. The fourth-order valence-electron chi connectivity index (χ4n) is 1.99. The van der Waals surface area contributed by atoms with Crippen LogP contribution in [0.5, 0.6) is 0 Å². The van der Waals surface area contributed by atoms with Crippen LogP contribution in [-0.2, 0) is 0 Å². The van der Waals surface area contributed by atoms with E-state index in [-0.39, 0.29) is 11.3 Å². The number of carbonyl (C=O) groups excluding carboxylic acids is 1. The number of rotatable bonds is 2. The lowest BCUT2D eigenvalue weighted by atomic mass is 10.0. The van der Waals surface area contributed by atoms with E-state index in [1.54, 1.807) is 24.4 Å². The van der Waals surface area contributed by atoms with Crippen molar-refractivity contribution in [3.8, 4) is 0 Å². The highest BCUT2D eigenvalue weighted by Crippen LogP contribution is 2.19. The Bertz CT molecular complexity index is 765. The van der Waals surface area contributed by atoms with E-state index in [9.17, 15) is 9.18 Å². The summed E-state index contributed by atoms with van der Waals surface area (Å²) in [5.41, 5.74) is 1.46. The number of aromatic nitrogens is 2. The number of hydrogen-bond donors (Lipinski definition) is 0. The van der Waals surface area contributed by atoms with Gasteiger partial charge in [0.25, 0.3) is 0 Å². The van der Waals surface area contributed by atoms with Crippen LogP contribution in [0.2, 0.25) is 0 Å². The maximum absolute atomic E-state index is 13.1. The molecule has 0 amide bonds. The van der Waals surface area contributed by atoms with Gasteiger partial charge in [-0.3, -0.25) is 14.8 Å². The zero-order valence-corrected chi connectivity index (χ0v) is 9.88. The van der Waals surface area contributed by atoms with Gasteiger partial charge in [0, 0.05) is 28.9 Å². The minimum Gasteiger partial charge on any atom is -0.289 e. The molecular weight excluding hydrogens is 243 g/mol. The van der Waals surface area contributed by atoms with Crippen molar-refractivity contribution in [1.82, 2.24) is 9.97 Å². The molecule has 0 N–H and O–H groups in total. The van der Waals surface area contributed by atoms with Crippen LogP contribution in [-0.4, -0.2) is 15.8 Å².